The maximum Gasteiger partial charge on any atom is 0.340 e. The second kappa shape index (κ2) is 8.03. The Balaban J connectivity index is 2.04. The van der Waals surface area contributed by atoms with Crippen molar-refractivity contribution in [2.45, 2.75) is 0 Å². The lowest BCUT2D eigenvalue weighted by Crippen LogP contribution is -2.21. The maximum atomic E-state index is 12.0. The van der Waals surface area contributed by atoms with Gasteiger partial charge in [-0.25, -0.2) is 4.79 Å². The Morgan fingerprint density at radius 2 is 1.77 bits per heavy atom. The van der Waals surface area contributed by atoms with Gasteiger partial charge in [-0.05, 0) is 12.1 Å². The van der Waals surface area contributed by atoms with Gasteiger partial charge in [-0.2, -0.15) is 0 Å². The first-order valence-electron chi connectivity index (χ1n) is 6.94. The summed E-state index contributed by atoms with van der Waals surface area (Å²) in [4.78, 5) is 44.0. The molecule has 0 saturated carbocycles. The molecule has 2 rings (SSSR count). The molecule has 0 aliphatic rings. The smallest absolute Gasteiger partial charge is 0.340 e. The lowest BCUT2D eigenvalue weighted by Gasteiger charge is -2.08. The largest absolute Gasteiger partial charge is 0.452 e. The number of nitrogens with zero attached hydrogens (tertiary/aromatic N) is 2. The molecule has 0 spiro atoms. The molecule has 2 aromatic carbocycles. The summed E-state index contributed by atoms with van der Waals surface area (Å²) in [6.45, 7) is -0.760. The number of rotatable bonds is 6. The number of hydrogen-bond acceptors (Lipinski definition) is 7. The van der Waals surface area contributed by atoms with Crippen molar-refractivity contribution in [2.24, 2.45) is 0 Å². The summed E-state index contributed by atoms with van der Waals surface area (Å²) in [5, 5.41) is 23.8. The number of ether oxygens (including phenoxy) is 1. The van der Waals surface area contributed by atoms with Crippen molar-refractivity contribution in [1.29, 1.82) is 0 Å². The number of non-ortho nitro benzene ring substituents is 1. The minimum absolute atomic E-state index is 0.0630. The third-order valence-corrected chi connectivity index (χ3v) is 3.42. The van der Waals surface area contributed by atoms with E-state index in [0.29, 0.717) is 0 Å². The van der Waals surface area contributed by atoms with Gasteiger partial charge in [0.2, 0.25) is 0 Å². The van der Waals surface area contributed by atoms with Crippen molar-refractivity contribution in [1.82, 2.24) is 0 Å². The summed E-state index contributed by atoms with van der Waals surface area (Å²) in [5.41, 5.74) is -1.04. The molecule has 0 aromatic heterocycles. The van der Waals surface area contributed by atoms with Gasteiger partial charge in [0.25, 0.3) is 17.3 Å². The summed E-state index contributed by atoms with van der Waals surface area (Å²) in [5.74, 6) is -1.87. The lowest BCUT2D eigenvalue weighted by atomic mass is 10.2. The fraction of sp³-hybridized carbons (Fsp3) is 0.0667. The molecule has 0 aliphatic carbocycles. The number of para-hydroxylation sites is 2. The average Bonchev–Trinajstić information content (AvgIpc) is 2.60. The van der Waals surface area contributed by atoms with Crippen molar-refractivity contribution in [3.8, 4) is 0 Å². The van der Waals surface area contributed by atoms with E-state index in [4.69, 9.17) is 16.3 Å². The third kappa shape index (κ3) is 4.51. The molecule has 10 nitrogen and oxygen atoms in total. The molecule has 1 amide bonds. The molecule has 0 fully saturated rings. The quantitative estimate of drug-likeness (QED) is 0.461. The zero-order valence-corrected chi connectivity index (χ0v) is 13.6. The van der Waals surface area contributed by atoms with E-state index in [-0.39, 0.29) is 27.6 Å². The zero-order chi connectivity index (χ0) is 19.3. The summed E-state index contributed by atoms with van der Waals surface area (Å²) in [6, 6.07) is 8.62. The molecular formula is C15H10ClN3O7. The standard InChI is InChI=1S/C15H10ClN3O7/c16-11-6-5-9(18(22)23)7-10(11)15(21)26-8-14(20)17-12-3-1-2-4-13(12)19(24)25/h1-7H,8H2,(H,17,20). The second-order valence-electron chi connectivity index (χ2n) is 4.82. The number of anilines is 1. The second-order valence-corrected chi connectivity index (χ2v) is 5.23. The van der Waals surface area contributed by atoms with Crippen molar-refractivity contribution >= 4 is 40.5 Å². The molecule has 134 valence electrons. The third-order valence-electron chi connectivity index (χ3n) is 3.09. The highest BCUT2D eigenvalue weighted by atomic mass is 35.5. The van der Waals surface area contributed by atoms with Gasteiger partial charge in [0, 0.05) is 18.2 Å². The first-order valence-corrected chi connectivity index (χ1v) is 7.31. The van der Waals surface area contributed by atoms with Gasteiger partial charge in [0.1, 0.15) is 5.69 Å². The fourth-order valence-corrected chi connectivity index (χ4v) is 2.11. The molecule has 0 radical (unpaired) electrons. The first-order chi connectivity index (χ1) is 12.3. The Kier molecular flexibility index (Phi) is 5.81. The van der Waals surface area contributed by atoms with Crippen LogP contribution in [0.3, 0.4) is 0 Å². The number of benzene rings is 2. The van der Waals surface area contributed by atoms with E-state index in [1.54, 1.807) is 0 Å². The Bertz CT molecular complexity index is 901. The number of nitro groups is 2. The van der Waals surface area contributed by atoms with Crippen molar-refractivity contribution < 1.29 is 24.2 Å². The number of amides is 1. The van der Waals surface area contributed by atoms with Gasteiger partial charge in [0.15, 0.2) is 6.61 Å². The summed E-state index contributed by atoms with van der Waals surface area (Å²) in [7, 11) is 0. The molecule has 0 atom stereocenters. The topological polar surface area (TPSA) is 142 Å². The minimum Gasteiger partial charge on any atom is -0.452 e. The number of nitrogens with one attached hydrogen (secondary N) is 1. The molecule has 0 bridgehead atoms. The Morgan fingerprint density at radius 3 is 2.42 bits per heavy atom. The van der Waals surface area contributed by atoms with Crippen LogP contribution >= 0.6 is 11.6 Å². The van der Waals surface area contributed by atoms with E-state index in [1.165, 1.54) is 24.3 Å². The predicted molar refractivity (Wildman–Crippen MR) is 90.1 cm³/mol. The molecule has 0 unspecified atom stereocenters. The van der Waals surface area contributed by atoms with E-state index >= 15 is 0 Å². The molecule has 0 heterocycles. The van der Waals surface area contributed by atoms with Gasteiger partial charge >= 0.3 is 5.97 Å². The molecule has 2 aromatic rings. The normalized spacial score (nSPS) is 10.0. The van der Waals surface area contributed by atoms with E-state index in [0.717, 1.165) is 18.2 Å². The molecular weight excluding hydrogens is 370 g/mol. The molecule has 1 N–H and O–H groups in total. The highest BCUT2D eigenvalue weighted by molar-refractivity contribution is 6.33. The van der Waals surface area contributed by atoms with Crippen LogP contribution in [0, 0.1) is 20.2 Å². The fourth-order valence-electron chi connectivity index (χ4n) is 1.92. The van der Waals surface area contributed by atoms with Gasteiger partial charge in [-0.3, -0.25) is 25.0 Å². The Labute approximate surface area is 150 Å². The first kappa shape index (κ1) is 18.8. The van der Waals surface area contributed by atoms with Crippen LogP contribution in [0.15, 0.2) is 42.5 Å². The van der Waals surface area contributed by atoms with E-state index in [1.807, 2.05) is 0 Å². The van der Waals surface area contributed by atoms with Crippen LogP contribution in [0.25, 0.3) is 0 Å². The molecule has 0 aliphatic heterocycles. The summed E-state index contributed by atoms with van der Waals surface area (Å²) < 4.78 is 4.75. The summed E-state index contributed by atoms with van der Waals surface area (Å²) in [6.07, 6.45) is 0. The van der Waals surface area contributed by atoms with Gasteiger partial charge in [-0.15, -0.1) is 0 Å². The lowest BCUT2D eigenvalue weighted by molar-refractivity contribution is -0.384. The highest BCUT2D eigenvalue weighted by Gasteiger charge is 2.19. The highest BCUT2D eigenvalue weighted by Crippen LogP contribution is 2.24. The van der Waals surface area contributed by atoms with E-state index in [9.17, 15) is 29.8 Å². The number of nitro benzene ring substituents is 2. The molecule has 11 heteroatoms. The van der Waals surface area contributed by atoms with Gasteiger partial charge in [-0.1, -0.05) is 23.7 Å². The SMILES string of the molecule is O=C(COC(=O)c1cc([N+](=O)[O-])ccc1Cl)Nc1ccccc1[N+](=O)[O-]. The van der Waals surface area contributed by atoms with Crippen LogP contribution in [-0.4, -0.2) is 28.3 Å². The zero-order valence-electron chi connectivity index (χ0n) is 12.9. The number of hydrogen-bond donors (Lipinski definition) is 1. The van der Waals surface area contributed by atoms with E-state index < -0.39 is 28.3 Å². The minimum atomic E-state index is -1.04. The number of carbonyl (C=O) groups excluding carboxylic acids is 2. The van der Waals surface area contributed by atoms with Crippen LogP contribution in [-0.2, 0) is 9.53 Å². The number of esters is 1. The Hall–Kier alpha value is -3.53. The summed E-state index contributed by atoms with van der Waals surface area (Å²) >= 11 is 5.80. The van der Waals surface area contributed by atoms with Crippen LogP contribution in [0.4, 0.5) is 17.1 Å². The Morgan fingerprint density at radius 1 is 1.08 bits per heavy atom. The monoisotopic (exact) mass is 379 g/mol. The van der Waals surface area contributed by atoms with Gasteiger partial charge < -0.3 is 10.1 Å². The number of carbonyl (C=O) groups is 2. The van der Waals surface area contributed by atoms with Crippen LogP contribution in [0.2, 0.25) is 5.02 Å². The van der Waals surface area contributed by atoms with Crippen molar-refractivity contribution in [3.05, 3.63) is 73.3 Å². The molecule has 0 saturated heterocycles. The van der Waals surface area contributed by atoms with Crippen molar-refractivity contribution in [3.63, 3.8) is 0 Å². The van der Waals surface area contributed by atoms with Gasteiger partial charge in [0.05, 0.1) is 20.4 Å². The van der Waals surface area contributed by atoms with E-state index in [2.05, 4.69) is 5.32 Å². The maximum absolute atomic E-state index is 12.0. The van der Waals surface area contributed by atoms with Crippen LogP contribution in [0.1, 0.15) is 10.4 Å². The predicted octanol–water partition coefficient (Wildman–Crippen LogP) is 2.95. The average molecular weight is 380 g/mol. The van der Waals surface area contributed by atoms with Crippen LogP contribution in [0.5, 0.6) is 0 Å². The number of halogens is 1. The van der Waals surface area contributed by atoms with Crippen LogP contribution < -0.4 is 5.32 Å². The molecule has 26 heavy (non-hydrogen) atoms. The van der Waals surface area contributed by atoms with Crippen molar-refractivity contribution in [2.75, 3.05) is 11.9 Å².